The van der Waals surface area contributed by atoms with Crippen molar-refractivity contribution in [3.8, 4) is 0 Å². The molecular formula is C17H37IN4O2. The van der Waals surface area contributed by atoms with Gasteiger partial charge in [-0.3, -0.25) is 4.99 Å². The molecule has 0 heterocycles. The molecular weight excluding hydrogens is 419 g/mol. The lowest BCUT2D eigenvalue weighted by Crippen LogP contribution is -2.46. The Labute approximate surface area is 165 Å². The smallest absolute Gasteiger partial charge is 0.407 e. The maximum atomic E-state index is 12.0. The number of guanidine groups is 1. The first-order valence-corrected chi connectivity index (χ1v) is 8.63. The third kappa shape index (κ3) is 12.7. The SMILES string of the molecule is CCNC(=NCC(NC(=O)OC(C)(C)C)C(C)C)NC(C)CC.I. The zero-order chi connectivity index (χ0) is 18.0. The third-order valence-corrected chi connectivity index (χ3v) is 3.29. The van der Waals surface area contributed by atoms with Gasteiger partial charge < -0.3 is 20.7 Å². The van der Waals surface area contributed by atoms with Crippen molar-refractivity contribution < 1.29 is 9.53 Å². The highest BCUT2D eigenvalue weighted by Crippen LogP contribution is 2.09. The molecule has 0 spiro atoms. The van der Waals surface area contributed by atoms with Crippen molar-refractivity contribution in [2.45, 2.75) is 79.5 Å². The first-order valence-electron chi connectivity index (χ1n) is 8.63. The molecule has 6 nitrogen and oxygen atoms in total. The van der Waals surface area contributed by atoms with Crippen LogP contribution in [0.3, 0.4) is 0 Å². The Morgan fingerprint density at radius 3 is 2.12 bits per heavy atom. The van der Waals surface area contributed by atoms with Crippen LogP contribution in [0.4, 0.5) is 4.79 Å². The van der Waals surface area contributed by atoms with Crippen LogP contribution in [0, 0.1) is 5.92 Å². The fourth-order valence-electron chi connectivity index (χ4n) is 1.73. The number of amides is 1. The Hall–Kier alpha value is -0.730. The first kappa shape index (κ1) is 25.5. The summed E-state index contributed by atoms with van der Waals surface area (Å²) in [5.41, 5.74) is -0.498. The number of rotatable bonds is 7. The lowest BCUT2D eigenvalue weighted by Gasteiger charge is -2.25. The fourth-order valence-corrected chi connectivity index (χ4v) is 1.73. The summed E-state index contributed by atoms with van der Waals surface area (Å²) in [7, 11) is 0. The monoisotopic (exact) mass is 456 g/mol. The molecule has 0 bridgehead atoms. The molecule has 0 saturated heterocycles. The van der Waals surface area contributed by atoms with E-state index in [0.717, 1.165) is 18.9 Å². The van der Waals surface area contributed by atoms with Crippen LogP contribution in [0.25, 0.3) is 0 Å². The maximum Gasteiger partial charge on any atom is 0.407 e. The molecule has 0 aliphatic rings. The highest BCUT2D eigenvalue weighted by molar-refractivity contribution is 14.0. The summed E-state index contributed by atoms with van der Waals surface area (Å²) in [6.45, 7) is 17.3. The van der Waals surface area contributed by atoms with Gasteiger partial charge in [0.15, 0.2) is 5.96 Å². The van der Waals surface area contributed by atoms with Crippen LogP contribution in [0.2, 0.25) is 0 Å². The highest BCUT2D eigenvalue weighted by Gasteiger charge is 2.21. The largest absolute Gasteiger partial charge is 0.444 e. The summed E-state index contributed by atoms with van der Waals surface area (Å²) in [4.78, 5) is 16.6. The standard InChI is InChI=1S/C17H36N4O2.HI/c1-9-13(5)20-15(18-10-2)19-11-14(12(3)4)21-16(22)23-17(6,7)8;/h12-14H,9-11H2,1-8H3,(H,21,22)(H2,18,19,20);1H. The van der Waals surface area contributed by atoms with Gasteiger partial charge in [-0.25, -0.2) is 4.79 Å². The summed E-state index contributed by atoms with van der Waals surface area (Å²) >= 11 is 0. The van der Waals surface area contributed by atoms with E-state index in [4.69, 9.17) is 4.74 Å². The number of ether oxygens (including phenoxy) is 1. The van der Waals surface area contributed by atoms with Gasteiger partial charge in [0.2, 0.25) is 0 Å². The van der Waals surface area contributed by atoms with Crippen molar-refractivity contribution in [2.75, 3.05) is 13.1 Å². The van der Waals surface area contributed by atoms with Crippen molar-refractivity contribution in [2.24, 2.45) is 10.9 Å². The van der Waals surface area contributed by atoms with E-state index in [1.165, 1.54) is 0 Å². The third-order valence-electron chi connectivity index (χ3n) is 3.29. The Bertz CT molecular complexity index is 381. The van der Waals surface area contributed by atoms with E-state index in [0.29, 0.717) is 12.6 Å². The van der Waals surface area contributed by atoms with Crippen molar-refractivity contribution in [3.05, 3.63) is 0 Å². The number of carbonyl (C=O) groups is 1. The van der Waals surface area contributed by atoms with Gasteiger partial charge in [0.1, 0.15) is 5.60 Å². The molecule has 0 rings (SSSR count). The van der Waals surface area contributed by atoms with E-state index in [9.17, 15) is 4.79 Å². The number of alkyl carbamates (subject to hydrolysis) is 1. The summed E-state index contributed by atoms with van der Waals surface area (Å²) in [6.07, 6.45) is 0.625. The number of nitrogens with zero attached hydrogens (tertiary/aromatic N) is 1. The predicted octanol–water partition coefficient (Wildman–Crippen LogP) is 3.51. The number of hydrogen-bond acceptors (Lipinski definition) is 3. The van der Waals surface area contributed by atoms with E-state index in [1.807, 2.05) is 27.7 Å². The van der Waals surface area contributed by atoms with Gasteiger partial charge in [0, 0.05) is 12.6 Å². The molecule has 0 saturated carbocycles. The molecule has 0 radical (unpaired) electrons. The summed E-state index contributed by atoms with van der Waals surface area (Å²) in [6, 6.07) is 0.279. The molecule has 7 heteroatoms. The highest BCUT2D eigenvalue weighted by atomic mass is 127. The van der Waals surface area contributed by atoms with E-state index >= 15 is 0 Å². The number of halogens is 1. The van der Waals surface area contributed by atoms with Gasteiger partial charge in [-0.15, -0.1) is 24.0 Å². The van der Waals surface area contributed by atoms with E-state index in [-0.39, 0.29) is 35.9 Å². The lowest BCUT2D eigenvalue weighted by molar-refractivity contribution is 0.0493. The van der Waals surface area contributed by atoms with Crippen molar-refractivity contribution in [1.29, 1.82) is 0 Å². The molecule has 0 aromatic heterocycles. The van der Waals surface area contributed by atoms with Crippen LogP contribution in [0.1, 0.15) is 61.8 Å². The van der Waals surface area contributed by atoms with Crippen LogP contribution in [-0.4, -0.2) is 42.8 Å². The second-order valence-corrected chi connectivity index (χ2v) is 7.17. The molecule has 2 atom stereocenters. The second-order valence-electron chi connectivity index (χ2n) is 7.17. The van der Waals surface area contributed by atoms with Crippen LogP contribution in [0.5, 0.6) is 0 Å². The average Bonchev–Trinajstić information content (AvgIpc) is 2.40. The molecule has 0 aliphatic carbocycles. The van der Waals surface area contributed by atoms with Gasteiger partial charge in [-0.1, -0.05) is 20.8 Å². The van der Waals surface area contributed by atoms with Gasteiger partial charge in [0.05, 0.1) is 12.6 Å². The van der Waals surface area contributed by atoms with Crippen LogP contribution in [0.15, 0.2) is 4.99 Å². The molecule has 2 unspecified atom stereocenters. The van der Waals surface area contributed by atoms with Crippen LogP contribution < -0.4 is 16.0 Å². The number of hydrogen-bond donors (Lipinski definition) is 3. The second kappa shape index (κ2) is 12.6. The van der Waals surface area contributed by atoms with Gasteiger partial charge in [-0.05, 0) is 47.0 Å². The minimum absolute atomic E-state index is 0. The molecule has 1 amide bonds. The normalized spacial score (nSPS) is 14.5. The maximum absolute atomic E-state index is 12.0. The van der Waals surface area contributed by atoms with Crippen molar-refractivity contribution in [3.63, 3.8) is 0 Å². The van der Waals surface area contributed by atoms with Crippen molar-refractivity contribution >= 4 is 36.0 Å². The molecule has 3 N–H and O–H groups in total. The average molecular weight is 456 g/mol. The Kier molecular flexibility index (Phi) is 13.4. The summed E-state index contributed by atoms with van der Waals surface area (Å²) < 4.78 is 5.32. The van der Waals surface area contributed by atoms with Gasteiger partial charge in [0.25, 0.3) is 0 Å². The molecule has 0 aromatic rings. The Balaban J connectivity index is 0. The number of carbonyl (C=O) groups excluding carboxylic acids is 1. The Morgan fingerprint density at radius 2 is 1.71 bits per heavy atom. The molecule has 144 valence electrons. The van der Waals surface area contributed by atoms with Crippen LogP contribution in [-0.2, 0) is 4.74 Å². The number of aliphatic imine (C=N–C) groups is 1. The summed E-state index contributed by atoms with van der Waals surface area (Å²) in [5, 5.41) is 9.49. The molecule has 0 aliphatic heterocycles. The van der Waals surface area contributed by atoms with Gasteiger partial charge >= 0.3 is 6.09 Å². The quantitative estimate of drug-likeness (QED) is 0.312. The van der Waals surface area contributed by atoms with Crippen molar-refractivity contribution in [1.82, 2.24) is 16.0 Å². The summed E-state index contributed by atoms with van der Waals surface area (Å²) in [5.74, 6) is 1.04. The minimum atomic E-state index is -0.498. The molecule has 0 aromatic carbocycles. The van der Waals surface area contributed by atoms with E-state index in [2.05, 4.69) is 48.6 Å². The Morgan fingerprint density at radius 1 is 1.12 bits per heavy atom. The topological polar surface area (TPSA) is 74.8 Å². The molecule has 0 fully saturated rings. The van der Waals surface area contributed by atoms with Crippen LogP contribution >= 0.6 is 24.0 Å². The lowest BCUT2D eigenvalue weighted by atomic mass is 10.1. The van der Waals surface area contributed by atoms with Gasteiger partial charge in [-0.2, -0.15) is 0 Å². The zero-order valence-corrected chi connectivity index (χ0v) is 18.9. The fraction of sp³-hybridized carbons (Fsp3) is 0.882. The minimum Gasteiger partial charge on any atom is -0.444 e. The number of nitrogens with one attached hydrogen (secondary N) is 3. The van der Waals surface area contributed by atoms with E-state index in [1.54, 1.807) is 0 Å². The first-order chi connectivity index (χ1) is 10.6. The zero-order valence-electron chi connectivity index (χ0n) is 16.5. The van der Waals surface area contributed by atoms with E-state index < -0.39 is 11.7 Å². The molecule has 24 heavy (non-hydrogen) atoms. The predicted molar refractivity (Wildman–Crippen MR) is 112 cm³/mol.